The van der Waals surface area contributed by atoms with Gasteiger partial charge in [0.05, 0.1) is 5.69 Å². The lowest BCUT2D eigenvalue weighted by Crippen LogP contribution is -2.32. The molecule has 2 heterocycles. The minimum atomic E-state index is 0.545. The SMILES string of the molecule is C[C@@H]1Cc2nc(N)sc2CN1. The molecule has 1 aliphatic heterocycles. The topological polar surface area (TPSA) is 50.9 Å². The molecule has 0 amide bonds. The van der Waals surface area contributed by atoms with Gasteiger partial charge in [-0.25, -0.2) is 4.98 Å². The lowest BCUT2D eigenvalue weighted by molar-refractivity contribution is 0.513. The van der Waals surface area contributed by atoms with Crippen LogP contribution in [0.25, 0.3) is 0 Å². The van der Waals surface area contributed by atoms with Crippen molar-refractivity contribution in [2.45, 2.75) is 25.9 Å². The average Bonchev–Trinajstić information content (AvgIpc) is 2.27. The van der Waals surface area contributed by atoms with E-state index in [0.29, 0.717) is 11.2 Å². The van der Waals surface area contributed by atoms with Crippen LogP contribution in [0.1, 0.15) is 17.5 Å². The van der Waals surface area contributed by atoms with Gasteiger partial charge in [-0.15, -0.1) is 11.3 Å². The molecule has 11 heavy (non-hydrogen) atoms. The molecule has 0 bridgehead atoms. The number of aromatic nitrogens is 1. The van der Waals surface area contributed by atoms with E-state index in [-0.39, 0.29) is 0 Å². The van der Waals surface area contributed by atoms with Gasteiger partial charge in [0.15, 0.2) is 5.13 Å². The number of nitrogens with zero attached hydrogens (tertiary/aromatic N) is 1. The number of nitrogens with two attached hydrogens (primary N) is 1. The van der Waals surface area contributed by atoms with Crippen molar-refractivity contribution in [1.82, 2.24) is 10.3 Å². The van der Waals surface area contributed by atoms with Crippen molar-refractivity contribution in [2.75, 3.05) is 5.73 Å². The molecule has 3 N–H and O–H groups in total. The molecule has 0 radical (unpaired) electrons. The molecule has 3 nitrogen and oxygen atoms in total. The standard InChI is InChI=1S/C7H11N3S/c1-4-2-5-6(3-9-4)11-7(8)10-5/h4,9H,2-3H2,1H3,(H2,8,10)/t4-/m1/s1. The number of anilines is 1. The van der Waals surface area contributed by atoms with Gasteiger partial charge in [-0.05, 0) is 6.92 Å². The highest BCUT2D eigenvalue weighted by Gasteiger charge is 2.17. The van der Waals surface area contributed by atoms with Crippen LogP contribution in [0.5, 0.6) is 0 Å². The summed E-state index contributed by atoms with van der Waals surface area (Å²) in [6, 6.07) is 0.545. The summed E-state index contributed by atoms with van der Waals surface area (Å²) >= 11 is 1.60. The van der Waals surface area contributed by atoms with Gasteiger partial charge in [0.2, 0.25) is 0 Å². The van der Waals surface area contributed by atoms with Crippen molar-refractivity contribution in [3.8, 4) is 0 Å². The van der Waals surface area contributed by atoms with Crippen molar-refractivity contribution in [2.24, 2.45) is 0 Å². The van der Waals surface area contributed by atoms with Gasteiger partial charge >= 0.3 is 0 Å². The third-order valence-corrected chi connectivity index (χ3v) is 2.83. The summed E-state index contributed by atoms with van der Waals surface area (Å²) in [5.74, 6) is 0. The van der Waals surface area contributed by atoms with E-state index in [9.17, 15) is 0 Å². The van der Waals surface area contributed by atoms with Gasteiger partial charge in [0.1, 0.15) is 0 Å². The third kappa shape index (κ3) is 1.23. The van der Waals surface area contributed by atoms with Crippen LogP contribution in [0.4, 0.5) is 5.13 Å². The molecule has 1 aromatic heterocycles. The summed E-state index contributed by atoms with van der Waals surface area (Å²) in [6.07, 6.45) is 1.02. The fourth-order valence-electron chi connectivity index (χ4n) is 1.33. The minimum absolute atomic E-state index is 0.545. The maximum atomic E-state index is 5.58. The molecule has 0 unspecified atom stereocenters. The monoisotopic (exact) mass is 169 g/mol. The highest BCUT2D eigenvalue weighted by Crippen LogP contribution is 2.24. The molecule has 1 atom stereocenters. The Balaban J connectivity index is 2.34. The van der Waals surface area contributed by atoms with E-state index in [1.807, 2.05) is 0 Å². The van der Waals surface area contributed by atoms with Crippen molar-refractivity contribution < 1.29 is 0 Å². The predicted molar refractivity (Wildman–Crippen MR) is 46.5 cm³/mol. The van der Waals surface area contributed by atoms with Crippen LogP contribution in [-0.2, 0) is 13.0 Å². The third-order valence-electron chi connectivity index (χ3n) is 1.91. The summed E-state index contributed by atoms with van der Waals surface area (Å²) < 4.78 is 0. The van der Waals surface area contributed by atoms with Gasteiger partial charge < -0.3 is 11.1 Å². The quantitative estimate of drug-likeness (QED) is 0.603. The van der Waals surface area contributed by atoms with Crippen LogP contribution in [0.2, 0.25) is 0 Å². The first-order chi connectivity index (χ1) is 5.25. The Bertz CT molecular complexity index is 269. The van der Waals surface area contributed by atoms with Gasteiger partial charge in [-0.1, -0.05) is 0 Å². The van der Waals surface area contributed by atoms with Gasteiger partial charge in [0.25, 0.3) is 0 Å². The fourth-order valence-corrected chi connectivity index (χ4v) is 2.14. The molecule has 0 spiro atoms. The summed E-state index contributed by atoms with van der Waals surface area (Å²) in [6.45, 7) is 3.10. The second kappa shape index (κ2) is 2.46. The zero-order chi connectivity index (χ0) is 7.84. The van der Waals surface area contributed by atoms with E-state index in [4.69, 9.17) is 5.73 Å². The summed E-state index contributed by atoms with van der Waals surface area (Å²) in [4.78, 5) is 5.56. The van der Waals surface area contributed by atoms with Crippen molar-refractivity contribution in [3.63, 3.8) is 0 Å². The molecule has 1 aromatic rings. The zero-order valence-corrected chi connectivity index (χ0v) is 7.24. The Labute approximate surface area is 69.6 Å². The van der Waals surface area contributed by atoms with Gasteiger partial charge in [-0.3, -0.25) is 0 Å². The first-order valence-electron chi connectivity index (χ1n) is 3.73. The van der Waals surface area contributed by atoms with Crippen molar-refractivity contribution >= 4 is 16.5 Å². The maximum Gasteiger partial charge on any atom is 0.180 e. The smallest absolute Gasteiger partial charge is 0.180 e. The fraction of sp³-hybridized carbons (Fsp3) is 0.571. The number of hydrogen-bond acceptors (Lipinski definition) is 4. The van der Waals surface area contributed by atoms with Gasteiger partial charge in [0, 0.05) is 23.9 Å². The van der Waals surface area contributed by atoms with Crippen LogP contribution < -0.4 is 11.1 Å². The van der Waals surface area contributed by atoms with E-state index in [0.717, 1.165) is 13.0 Å². The number of thiazole rings is 1. The molecule has 0 aromatic carbocycles. The molecular formula is C7H11N3S. The summed E-state index contributed by atoms with van der Waals surface area (Å²) in [5, 5.41) is 4.07. The molecule has 4 heteroatoms. The van der Waals surface area contributed by atoms with Crippen LogP contribution in [0.15, 0.2) is 0 Å². The predicted octanol–water partition coefficient (Wildman–Crippen LogP) is 0.760. The maximum absolute atomic E-state index is 5.58. The molecule has 0 saturated heterocycles. The molecule has 60 valence electrons. The molecular weight excluding hydrogens is 158 g/mol. The Hall–Kier alpha value is -0.610. The zero-order valence-electron chi connectivity index (χ0n) is 6.42. The highest BCUT2D eigenvalue weighted by atomic mass is 32.1. The lowest BCUT2D eigenvalue weighted by atomic mass is 10.1. The highest BCUT2D eigenvalue weighted by molar-refractivity contribution is 7.15. The number of fused-ring (bicyclic) bond motifs is 1. The molecule has 2 rings (SSSR count). The van der Waals surface area contributed by atoms with Gasteiger partial charge in [-0.2, -0.15) is 0 Å². The van der Waals surface area contributed by atoms with E-state index in [2.05, 4.69) is 17.2 Å². The van der Waals surface area contributed by atoms with E-state index in [1.165, 1.54) is 10.6 Å². The largest absolute Gasteiger partial charge is 0.375 e. The second-order valence-electron chi connectivity index (χ2n) is 2.91. The number of nitrogens with one attached hydrogen (secondary N) is 1. The molecule has 1 aliphatic rings. The number of hydrogen-bond donors (Lipinski definition) is 2. The Morgan fingerprint density at radius 1 is 1.73 bits per heavy atom. The normalized spacial score (nSPS) is 23.2. The summed E-state index contributed by atoms with van der Waals surface area (Å²) in [7, 11) is 0. The van der Waals surface area contributed by atoms with Crippen molar-refractivity contribution in [3.05, 3.63) is 10.6 Å². The summed E-state index contributed by atoms with van der Waals surface area (Å²) in [5.41, 5.74) is 6.78. The Kier molecular flexibility index (Phi) is 1.58. The van der Waals surface area contributed by atoms with Crippen LogP contribution in [0.3, 0.4) is 0 Å². The second-order valence-corrected chi connectivity index (χ2v) is 4.02. The molecule has 0 aliphatic carbocycles. The van der Waals surface area contributed by atoms with Crippen LogP contribution in [-0.4, -0.2) is 11.0 Å². The molecule has 0 saturated carbocycles. The molecule has 0 fully saturated rings. The number of nitrogen functional groups attached to an aromatic ring is 1. The van der Waals surface area contributed by atoms with Crippen LogP contribution >= 0.6 is 11.3 Å². The van der Waals surface area contributed by atoms with E-state index >= 15 is 0 Å². The van der Waals surface area contributed by atoms with Crippen molar-refractivity contribution in [1.29, 1.82) is 0 Å². The first kappa shape index (κ1) is 7.06. The Morgan fingerprint density at radius 3 is 3.36 bits per heavy atom. The number of rotatable bonds is 0. The van der Waals surface area contributed by atoms with E-state index < -0.39 is 0 Å². The lowest BCUT2D eigenvalue weighted by Gasteiger charge is -2.17. The van der Waals surface area contributed by atoms with E-state index in [1.54, 1.807) is 11.3 Å². The first-order valence-corrected chi connectivity index (χ1v) is 4.55. The average molecular weight is 169 g/mol. The minimum Gasteiger partial charge on any atom is -0.375 e. The van der Waals surface area contributed by atoms with Crippen LogP contribution in [0, 0.1) is 0 Å². The Morgan fingerprint density at radius 2 is 2.55 bits per heavy atom.